The Morgan fingerprint density at radius 3 is 2.89 bits per heavy atom. The van der Waals surface area contributed by atoms with E-state index in [0.717, 1.165) is 18.9 Å². The van der Waals surface area contributed by atoms with Crippen molar-refractivity contribution in [3.63, 3.8) is 0 Å². The van der Waals surface area contributed by atoms with Crippen LogP contribution in [0.25, 0.3) is 0 Å². The van der Waals surface area contributed by atoms with Crippen LogP contribution in [-0.2, 0) is 4.74 Å². The average molecular weight is 129 g/mol. The fourth-order valence-corrected chi connectivity index (χ4v) is 1.23. The van der Waals surface area contributed by atoms with Crippen molar-refractivity contribution in [1.82, 2.24) is 0 Å². The molecule has 0 aliphatic carbocycles. The third-order valence-electron chi connectivity index (χ3n) is 1.89. The first kappa shape index (κ1) is 7.03. The summed E-state index contributed by atoms with van der Waals surface area (Å²) in [5, 5.41) is 0. The maximum Gasteiger partial charge on any atom is 0.0699 e. The van der Waals surface area contributed by atoms with Gasteiger partial charge in [0, 0.05) is 13.2 Å². The van der Waals surface area contributed by atoms with E-state index in [2.05, 4.69) is 6.92 Å². The van der Waals surface area contributed by atoms with E-state index in [-0.39, 0.29) is 0 Å². The van der Waals surface area contributed by atoms with Crippen LogP contribution in [0.2, 0.25) is 0 Å². The minimum Gasteiger partial charge on any atom is -0.377 e. The van der Waals surface area contributed by atoms with E-state index in [1.807, 2.05) is 0 Å². The third kappa shape index (κ3) is 1.95. The van der Waals surface area contributed by atoms with E-state index >= 15 is 0 Å². The molecule has 1 saturated heterocycles. The molecular weight excluding hydrogens is 114 g/mol. The highest BCUT2D eigenvalue weighted by molar-refractivity contribution is 4.68. The Balaban J connectivity index is 2.23. The second kappa shape index (κ2) is 3.18. The van der Waals surface area contributed by atoms with E-state index in [4.69, 9.17) is 10.5 Å². The molecule has 0 aromatic rings. The summed E-state index contributed by atoms with van der Waals surface area (Å²) in [7, 11) is 0. The second-order valence-electron chi connectivity index (χ2n) is 2.86. The first-order valence-corrected chi connectivity index (χ1v) is 3.64. The van der Waals surface area contributed by atoms with Crippen LogP contribution in [0.3, 0.4) is 0 Å². The Kier molecular flexibility index (Phi) is 2.49. The molecule has 0 aromatic heterocycles. The SMILES string of the molecule is C[C@@H]1CCO[C@H](CN)C1. The molecule has 54 valence electrons. The highest BCUT2D eigenvalue weighted by Crippen LogP contribution is 2.17. The molecule has 0 saturated carbocycles. The molecule has 2 heteroatoms. The van der Waals surface area contributed by atoms with Crippen LogP contribution in [0, 0.1) is 5.92 Å². The number of ether oxygens (including phenoxy) is 1. The molecule has 2 nitrogen and oxygen atoms in total. The van der Waals surface area contributed by atoms with Crippen LogP contribution in [0.5, 0.6) is 0 Å². The van der Waals surface area contributed by atoms with Gasteiger partial charge in [0.25, 0.3) is 0 Å². The molecule has 0 aromatic carbocycles. The Labute approximate surface area is 56.4 Å². The Morgan fingerprint density at radius 2 is 2.44 bits per heavy atom. The van der Waals surface area contributed by atoms with E-state index in [1.54, 1.807) is 0 Å². The predicted octanol–water partition coefficient (Wildman–Crippen LogP) is 0.760. The largest absolute Gasteiger partial charge is 0.377 e. The summed E-state index contributed by atoms with van der Waals surface area (Å²) in [6, 6.07) is 0. The van der Waals surface area contributed by atoms with Crippen molar-refractivity contribution in [2.24, 2.45) is 11.7 Å². The van der Waals surface area contributed by atoms with Crippen molar-refractivity contribution < 1.29 is 4.74 Å². The summed E-state index contributed by atoms with van der Waals surface area (Å²) in [5.74, 6) is 0.812. The highest BCUT2D eigenvalue weighted by atomic mass is 16.5. The van der Waals surface area contributed by atoms with Gasteiger partial charge in [-0.25, -0.2) is 0 Å². The lowest BCUT2D eigenvalue weighted by atomic mass is 9.98. The van der Waals surface area contributed by atoms with Crippen molar-refractivity contribution in [1.29, 1.82) is 0 Å². The Morgan fingerprint density at radius 1 is 1.67 bits per heavy atom. The molecular formula is C7H15NO. The Bertz CT molecular complexity index is 85.0. The Hall–Kier alpha value is -0.0800. The zero-order valence-electron chi connectivity index (χ0n) is 5.97. The van der Waals surface area contributed by atoms with Gasteiger partial charge in [-0.05, 0) is 18.8 Å². The zero-order chi connectivity index (χ0) is 6.69. The summed E-state index contributed by atoms with van der Waals surface area (Å²) in [6.07, 6.45) is 2.70. The lowest BCUT2D eigenvalue weighted by Crippen LogP contribution is -2.30. The summed E-state index contributed by atoms with van der Waals surface area (Å²) in [5.41, 5.74) is 5.44. The lowest BCUT2D eigenvalue weighted by Gasteiger charge is -2.25. The number of rotatable bonds is 1. The molecule has 0 spiro atoms. The summed E-state index contributed by atoms with van der Waals surface area (Å²) in [4.78, 5) is 0. The van der Waals surface area contributed by atoms with E-state index in [0.29, 0.717) is 12.6 Å². The monoisotopic (exact) mass is 129 g/mol. The van der Waals surface area contributed by atoms with Gasteiger partial charge in [0.05, 0.1) is 6.10 Å². The first-order valence-electron chi connectivity index (χ1n) is 3.64. The predicted molar refractivity (Wildman–Crippen MR) is 37.2 cm³/mol. The van der Waals surface area contributed by atoms with Crippen molar-refractivity contribution >= 4 is 0 Å². The van der Waals surface area contributed by atoms with Gasteiger partial charge in [-0.2, -0.15) is 0 Å². The molecule has 1 rings (SSSR count). The molecule has 0 amide bonds. The van der Waals surface area contributed by atoms with Crippen molar-refractivity contribution in [2.45, 2.75) is 25.9 Å². The molecule has 0 radical (unpaired) electrons. The number of nitrogens with two attached hydrogens (primary N) is 1. The van der Waals surface area contributed by atoms with Gasteiger partial charge in [-0.15, -0.1) is 0 Å². The van der Waals surface area contributed by atoms with E-state index in [9.17, 15) is 0 Å². The molecule has 1 heterocycles. The average Bonchev–Trinajstić information content (AvgIpc) is 1.88. The molecule has 2 N–H and O–H groups in total. The molecule has 2 atom stereocenters. The van der Waals surface area contributed by atoms with Crippen molar-refractivity contribution in [3.05, 3.63) is 0 Å². The summed E-state index contributed by atoms with van der Waals surface area (Å²) >= 11 is 0. The maximum atomic E-state index is 5.44. The van der Waals surface area contributed by atoms with Gasteiger partial charge >= 0.3 is 0 Å². The van der Waals surface area contributed by atoms with Gasteiger partial charge in [0.2, 0.25) is 0 Å². The second-order valence-corrected chi connectivity index (χ2v) is 2.86. The van der Waals surface area contributed by atoms with Crippen molar-refractivity contribution in [3.8, 4) is 0 Å². The highest BCUT2D eigenvalue weighted by Gasteiger charge is 2.17. The molecule has 0 bridgehead atoms. The maximum absolute atomic E-state index is 5.44. The summed E-state index contributed by atoms with van der Waals surface area (Å²) < 4.78 is 5.37. The standard InChI is InChI=1S/C7H15NO/c1-6-2-3-9-7(4-6)5-8/h6-7H,2-5,8H2,1H3/t6-,7+/m1/s1. The van der Waals surface area contributed by atoms with Gasteiger partial charge in [0.15, 0.2) is 0 Å². The van der Waals surface area contributed by atoms with Crippen LogP contribution in [0.1, 0.15) is 19.8 Å². The van der Waals surface area contributed by atoms with Gasteiger partial charge in [0.1, 0.15) is 0 Å². The number of hydrogen-bond donors (Lipinski definition) is 1. The quantitative estimate of drug-likeness (QED) is 0.567. The topological polar surface area (TPSA) is 35.2 Å². The zero-order valence-corrected chi connectivity index (χ0v) is 5.97. The normalized spacial score (nSPS) is 36.7. The third-order valence-corrected chi connectivity index (χ3v) is 1.89. The van der Waals surface area contributed by atoms with Crippen LogP contribution < -0.4 is 5.73 Å². The lowest BCUT2D eigenvalue weighted by molar-refractivity contribution is 0.00101. The molecule has 1 fully saturated rings. The smallest absolute Gasteiger partial charge is 0.0699 e. The van der Waals surface area contributed by atoms with E-state index in [1.165, 1.54) is 6.42 Å². The fourth-order valence-electron chi connectivity index (χ4n) is 1.23. The molecule has 9 heavy (non-hydrogen) atoms. The first-order chi connectivity index (χ1) is 4.33. The van der Waals surface area contributed by atoms with Crippen LogP contribution in [0.15, 0.2) is 0 Å². The molecule has 0 unspecified atom stereocenters. The van der Waals surface area contributed by atoms with Crippen LogP contribution in [-0.4, -0.2) is 19.3 Å². The van der Waals surface area contributed by atoms with Crippen LogP contribution >= 0.6 is 0 Å². The van der Waals surface area contributed by atoms with E-state index < -0.39 is 0 Å². The summed E-state index contributed by atoms with van der Waals surface area (Å²) in [6.45, 7) is 3.85. The van der Waals surface area contributed by atoms with Gasteiger partial charge < -0.3 is 10.5 Å². The molecule has 1 aliphatic heterocycles. The van der Waals surface area contributed by atoms with Crippen LogP contribution in [0.4, 0.5) is 0 Å². The number of hydrogen-bond acceptors (Lipinski definition) is 2. The van der Waals surface area contributed by atoms with Gasteiger partial charge in [-0.3, -0.25) is 0 Å². The van der Waals surface area contributed by atoms with Crippen molar-refractivity contribution in [2.75, 3.05) is 13.2 Å². The minimum atomic E-state index is 0.341. The molecule has 1 aliphatic rings. The fraction of sp³-hybridized carbons (Fsp3) is 1.00. The van der Waals surface area contributed by atoms with Gasteiger partial charge in [-0.1, -0.05) is 6.92 Å². The minimum absolute atomic E-state index is 0.341.